The van der Waals surface area contributed by atoms with Gasteiger partial charge in [0.05, 0.1) is 6.10 Å². The van der Waals surface area contributed by atoms with Crippen LogP contribution in [0.15, 0.2) is 0 Å². The molecule has 0 aromatic carbocycles. The summed E-state index contributed by atoms with van der Waals surface area (Å²) in [6.07, 6.45) is 0.970. The van der Waals surface area contributed by atoms with Gasteiger partial charge in [0.25, 0.3) is 0 Å². The predicted molar refractivity (Wildman–Crippen MR) is 50.5 cm³/mol. The molecule has 72 valence electrons. The maximum Gasteiger partial charge on any atom is 0.316 e. The van der Waals surface area contributed by atoms with Gasteiger partial charge in [-0.25, -0.2) is 0 Å². The first kappa shape index (κ1) is 11.8. The highest BCUT2D eigenvalue weighted by Gasteiger charge is 2.14. The number of carbonyl (C=O) groups is 1. The van der Waals surface area contributed by atoms with Gasteiger partial charge in [0.2, 0.25) is 0 Å². The van der Waals surface area contributed by atoms with Gasteiger partial charge >= 0.3 is 5.97 Å². The number of aliphatic carboxylic acids is 1. The summed E-state index contributed by atoms with van der Waals surface area (Å²) in [6, 6.07) is 0. The smallest absolute Gasteiger partial charge is 0.316 e. The number of hydrogen-bond acceptors (Lipinski definition) is 3. The molecule has 0 amide bonds. The summed E-state index contributed by atoms with van der Waals surface area (Å²) in [5.41, 5.74) is 0. The number of carboxylic acid groups (broad SMARTS) is 1. The fourth-order valence-electron chi connectivity index (χ4n) is 0.745. The van der Waals surface area contributed by atoms with Crippen molar-refractivity contribution >= 4 is 17.7 Å². The highest BCUT2D eigenvalue weighted by atomic mass is 32.2. The van der Waals surface area contributed by atoms with Crippen molar-refractivity contribution in [2.45, 2.75) is 38.0 Å². The molecule has 0 aromatic heterocycles. The van der Waals surface area contributed by atoms with Crippen molar-refractivity contribution in [2.75, 3.05) is 5.75 Å². The van der Waals surface area contributed by atoms with Crippen LogP contribution in [0.4, 0.5) is 0 Å². The lowest BCUT2D eigenvalue weighted by Gasteiger charge is -2.09. The quantitative estimate of drug-likeness (QED) is 0.667. The molecule has 2 unspecified atom stereocenters. The van der Waals surface area contributed by atoms with Crippen molar-refractivity contribution in [3.8, 4) is 0 Å². The Labute approximate surface area is 77.2 Å². The van der Waals surface area contributed by atoms with Crippen LogP contribution in [0.2, 0.25) is 0 Å². The van der Waals surface area contributed by atoms with Gasteiger partial charge in [0.1, 0.15) is 5.25 Å². The van der Waals surface area contributed by atoms with Crippen molar-refractivity contribution in [1.29, 1.82) is 0 Å². The normalized spacial score (nSPS) is 15.6. The molecule has 0 rings (SSSR count). The van der Waals surface area contributed by atoms with Crippen molar-refractivity contribution in [3.05, 3.63) is 0 Å². The Morgan fingerprint density at radius 2 is 2.17 bits per heavy atom. The second-order valence-electron chi connectivity index (χ2n) is 2.74. The molecule has 0 aliphatic rings. The summed E-state index contributed by atoms with van der Waals surface area (Å²) in [6.45, 7) is 3.57. The van der Waals surface area contributed by atoms with Gasteiger partial charge in [-0.05, 0) is 25.5 Å². The molecule has 0 spiro atoms. The molecule has 0 saturated heterocycles. The van der Waals surface area contributed by atoms with E-state index in [0.717, 1.165) is 0 Å². The van der Waals surface area contributed by atoms with E-state index in [1.807, 2.05) is 6.92 Å². The topological polar surface area (TPSA) is 57.5 Å². The van der Waals surface area contributed by atoms with Gasteiger partial charge in [0.15, 0.2) is 0 Å². The number of aliphatic hydroxyl groups is 1. The van der Waals surface area contributed by atoms with Crippen LogP contribution in [-0.4, -0.2) is 33.3 Å². The fraction of sp³-hybridized carbons (Fsp3) is 0.875. The first-order valence-corrected chi connectivity index (χ1v) is 5.15. The minimum Gasteiger partial charge on any atom is -0.480 e. The Kier molecular flexibility index (Phi) is 6.20. The van der Waals surface area contributed by atoms with Crippen LogP contribution in [0.5, 0.6) is 0 Å². The third kappa shape index (κ3) is 5.43. The zero-order valence-corrected chi connectivity index (χ0v) is 8.30. The molecule has 0 radical (unpaired) electrons. The summed E-state index contributed by atoms with van der Waals surface area (Å²) in [5.74, 6) is -0.0456. The van der Waals surface area contributed by atoms with Gasteiger partial charge in [-0.2, -0.15) is 0 Å². The maximum atomic E-state index is 10.5. The molecule has 12 heavy (non-hydrogen) atoms. The van der Waals surface area contributed by atoms with Crippen LogP contribution < -0.4 is 0 Å². The van der Waals surface area contributed by atoms with E-state index in [1.54, 1.807) is 6.92 Å². The van der Waals surface area contributed by atoms with Crippen LogP contribution >= 0.6 is 11.8 Å². The van der Waals surface area contributed by atoms with Crippen LogP contribution in [0.25, 0.3) is 0 Å². The predicted octanol–water partition coefficient (Wildman–Crippen LogP) is 1.35. The molecular weight excluding hydrogens is 176 g/mol. The van der Waals surface area contributed by atoms with Crippen molar-refractivity contribution in [1.82, 2.24) is 0 Å². The Morgan fingerprint density at radius 1 is 1.58 bits per heavy atom. The average Bonchev–Trinajstić information content (AvgIpc) is 1.96. The highest BCUT2D eigenvalue weighted by molar-refractivity contribution is 8.00. The van der Waals surface area contributed by atoms with E-state index in [4.69, 9.17) is 10.2 Å². The molecule has 2 atom stereocenters. The molecular formula is C8H16O3S. The minimum atomic E-state index is -0.756. The third-order valence-corrected chi connectivity index (χ3v) is 2.91. The molecule has 0 aliphatic carbocycles. The fourth-order valence-corrected chi connectivity index (χ4v) is 1.88. The van der Waals surface area contributed by atoms with Crippen molar-refractivity contribution in [3.63, 3.8) is 0 Å². The van der Waals surface area contributed by atoms with Crippen LogP contribution in [0, 0.1) is 0 Å². The number of aliphatic hydroxyl groups excluding tert-OH is 1. The molecule has 3 nitrogen and oxygen atoms in total. The van der Waals surface area contributed by atoms with E-state index in [-0.39, 0.29) is 11.4 Å². The van der Waals surface area contributed by atoms with Crippen molar-refractivity contribution < 1.29 is 15.0 Å². The van der Waals surface area contributed by atoms with Gasteiger partial charge in [-0.15, -0.1) is 11.8 Å². The second kappa shape index (κ2) is 6.31. The summed E-state index contributed by atoms with van der Waals surface area (Å²) in [4.78, 5) is 10.5. The zero-order valence-electron chi connectivity index (χ0n) is 7.49. The van der Waals surface area contributed by atoms with E-state index in [9.17, 15) is 4.79 Å². The Hall–Kier alpha value is -0.220. The maximum absolute atomic E-state index is 10.5. The zero-order chi connectivity index (χ0) is 9.56. The molecule has 0 aromatic rings. The summed E-state index contributed by atoms with van der Waals surface area (Å²) < 4.78 is 0. The summed E-state index contributed by atoms with van der Waals surface area (Å²) in [5, 5.41) is 17.3. The summed E-state index contributed by atoms with van der Waals surface area (Å²) >= 11 is 1.40. The Morgan fingerprint density at radius 3 is 2.50 bits per heavy atom. The molecule has 0 fully saturated rings. The Bertz CT molecular complexity index is 136. The van der Waals surface area contributed by atoms with Crippen LogP contribution in [-0.2, 0) is 4.79 Å². The van der Waals surface area contributed by atoms with E-state index in [1.165, 1.54) is 11.8 Å². The number of thioether (sulfide) groups is 1. The highest BCUT2D eigenvalue weighted by Crippen LogP contribution is 2.16. The number of carboxylic acids is 1. The van der Waals surface area contributed by atoms with Crippen LogP contribution in [0.3, 0.4) is 0 Å². The van der Waals surface area contributed by atoms with Gasteiger partial charge in [0, 0.05) is 0 Å². The van der Waals surface area contributed by atoms with Gasteiger partial charge in [-0.3, -0.25) is 4.79 Å². The van der Waals surface area contributed by atoms with Gasteiger partial charge < -0.3 is 10.2 Å². The Balaban J connectivity index is 3.52. The lowest BCUT2D eigenvalue weighted by Crippen LogP contribution is -2.16. The standard InChI is InChI=1S/C8H16O3S/c1-3-7(8(10)11)12-5-4-6(2)9/h6-7,9H,3-5H2,1-2H3,(H,10,11). The first-order valence-electron chi connectivity index (χ1n) is 4.10. The second-order valence-corrected chi connectivity index (χ2v) is 4.05. The lowest BCUT2D eigenvalue weighted by atomic mass is 10.3. The molecule has 0 bridgehead atoms. The first-order chi connectivity index (χ1) is 5.57. The van der Waals surface area contributed by atoms with Crippen LogP contribution in [0.1, 0.15) is 26.7 Å². The monoisotopic (exact) mass is 192 g/mol. The van der Waals surface area contributed by atoms with Crippen molar-refractivity contribution in [2.24, 2.45) is 0 Å². The minimum absolute atomic E-state index is 0.316. The molecule has 0 heterocycles. The van der Waals surface area contributed by atoms with E-state index in [0.29, 0.717) is 18.6 Å². The average molecular weight is 192 g/mol. The summed E-state index contributed by atoms with van der Waals surface area (Å²) in [7, 11) is 0. The molecule has 4 heteroatoms. The lowest BCUT2D eigenvalue weighted by molar-refractivity contribution is -0.136. The molecule has 0 aliphatic heterocycles. The van der Waals surface area contributed by atoms with Gasteiger partial charge in [-0.1, -0.05) is 6.92 Å². The molecule has 0 saturated carbocycles. The van der Waals surface area contributed by atoms with E-state index in [2.05, 4.69) is 0 Å². The largest absolute Gasteiger partial charge is 0.480 e. The number of hydrogen-bond donors (Lipinski definition) is 2. The van der Waals surface area contributed by atoms with E-state index >= 15 is 0 Å². The SMILES string of the molecule is CCC(SCCC(C)O)C(=O)O. The van der Waals surface area contributed by atoms with E-state index < -0.39 is 5.97 Å². The third-order valence-electron chi connectivity index (χ3n) is 1.50. The number of rotatable bonds is 6. The molecule has 2 N–H and O–H groups in total.